The number of rotatable bonds is 9. The smallest absolute Gasteiger partial charge is 0.185 e. The molecule has 0 radical (unpaired) electrons. The van der Waals surface area contributed by atoms with Crippen molar-refractivity contribution in [2.24, 2.45) is 0 Å². The van der Waals surface area contributed by atoms with Crippen LogP contribution in [0.25, 0.3) is 6.08 Å². The SMILES string of the molecule is Cc1ccc(C(=O)C=Cc2ccc(OCc3ccccc3)c(OCc3ccccc3)c2)cc1. The van der Waals surface area contributed by atoms with Crippen LogP contribution in [0.2, 0.25) is 0 Å². The monoisotopic (exact) mass is 434 g/mol. The highest BCUT2D eigenvalue weighted by atomic mass is 16.5. The Kier molecular flexibility index (Phi) is 7.34. The molecule has 0 unspecified atom stereocenters. The van der Waals surface area contributed by atoms with E-state index in [1.54, 1.807) is 12.2 Å². The molecule has 4 aromatic rings. The third-order valence-corrected chi connectivity index (χ3v) is 5.21. The van der Waals surface area contributed by atoms with Crippen LogP contribution < -0.4 is 9.47 Å². The predicted octanol–water partition coefficient (Wildman–Crippen LogP) is 7.05. The van der Waals surface area contributed by atoms with Crippen molar-refractivity contribution in [3.8, 4) is 11.5 Å². The van der Waals surface area contributed by atoms with E-state index in [0.717, 1.165) is 22.3 Å². The number of benzene rings is 4. The molecule has 0 saturated carbocycles. The van der Waals surface area contributed by atoms with Crippen molar-refractivity contribution in [1.82, 2.24) is 0 Å². The van der Waals surface area contributed by atoms with Gasteiger partial charge in [-0.25, -0.2) is 0 Å². The first-order valence-electron chi connectivity index (χ1n) is 10.9. The van der Waals surface area contributed by atoms with Gasteiger partial charge in [0.25, 0.3) is 0 Å². The average molecular weight is 435 g/mol. The molecule has 4 rings (SSSR count). The lowest BCUT2D eigenvalue weighted by Gasteiger charge is -2.14. The Morgan fingerprint density at radius 1 is 0.697 bits per heavy atom. The van der Waals surface area contributed by atoms with Crippen LogP contribution in [-0.2, 0) is 13.2 Å². The van der Waals surface area contributed by atoms with Crippen molar-refractivity contribution in [3.63, 3.8) is 0 Å². The fourth-order valence-corrected chi connectivity index (χ4v) is 3.32. The minimum Gasteiger partial charge on any atom is -0.485 e. The van der Waals surface area contributed by atoms with Crippen LogP contribution in [0.4, 0.5) is 0 Å². The van der Waals surface area contributed by atoms with E-state index >= 15 is 0 Å². The Bertz CT molecular complexity index is 1210. The lowest BCUT2D eigenvalue weighted by Crippen LogP contribution is -2.01. The summed E-state index contributed by atoms with van der Waals surface area (Å²) in [5, 5.41) is 0. The largest absolute Gasteiger partial charge is 0.485 e. The molecule has 4 aromatic carbocycles. The molecule has 0 atom stereocenters. The fourth-order valence-electron chi connectivity index (χ4n) is 3.32. The van der Waals surface area contributed by atoms with Crippen LogP contribution in [0.5, 0.6) is 11.5 Å². The molecule has 0 aliphatic rings. The van der Waals surface area contributed by atoms with Crippen molar-refractivity contribution in [1.29, 1.82) is 0 Å². The van der Waals surface area contributed by atoms with Crippen molar-refractivity contribution >= 4 is 11.9 Å². The van der Waals surface area contributed by atoms with E-state index in [9.17, 15) is 4.79 Å². The highest BCUT2D eigenvalue weighted by Crippen LogP contribution is 2.30. The highest BCUT2D eigenvalue weighted by Gasteiger charge is 2.08. The minimum absolute atomic E-state index is 0.0360. The Balaban J connectivity index is 1.52. The summed E-state index contributed by atoms with van der Waals surface area (Å²) in [6.45, 7) is 2.88. The second kappa shape index (κ2) is 11.0. The van der Waals surface area contributed by atoms with Crippen molar-refractivity contribution < 1.29 is 14.3 Å². The molecule has 3 heteroatoms. The zero-order valence-corrected chi connectivity index (χ0v) is 18.6. The number of hydrogen-bond donors (Lipinski definition) is 0. The molecular weight excluding hydrogens is 408 g/mol. The second-order valence-electron chi connectivity index (χ2n) is 7.82. The number of hydrogen-bond acceptors (Lipinski definition) is 3. The highest BCUT2D eigenvalue weighted by molar-refractivity contribution is 6.06. The van der Waals surface area contributed by atoms with Crippen molar-refractivity contribution in [3.05, 3.63) is 137 Å². The molecule has 0 heterocycles. The second-order valence-corrected chi connectivity index (χ2v) is 7.82. The first-order chi connectivity index (χ1) is 16.2. The van der Waals surface area contributed by atoms with E-state index in [1.165, 1.54) is 0 Å². The number of allylic oxidation sites excluding steroid dienone is 1. The van der Waals surface area contributed by atoms with Gasteiger partial charge in [-0.2, -0.15) is 0 Å². The maximum atomic E-state index is 12.5. The Labute approximate surface area is 194 Å². The van der Waals surface area contributed by atoms with Gasteiger partial charge in [0.1, 0.15) is 13.2 Å². The molecular formula is C30H26O3. The van der Waals surface area contributed by atoms with Gasteiger partial charge in [-0.1, -0.05) is 103 Å². The normalized spacial score (nSPS) is 10.8. The van der Waals surface area contributed by atoms with Gasteiger partial charge >= 0.3 is 0 Å². The van der Waals surface area contributed by atoms with E-state index in [4.69, 9.17) is 9.47 Å². The van der Waals surface area contributed by atoms with Crippen LogP contribution in [0.15, 0.2) is 109 Å². The molecule has 33 heavy (non-hydrogen) atoms. The molecule has 164 valence electrons. The number of ketones is 1. The zero-order chi connectivity index (χ0) is 22.9. The molecule has 0 spiro atoms. The zero-order valence-electron chi connectivity index (χ0n) is 18.6. The predicted molar refractivity (Wildman–Crippen MR) is 133 cm³/mol. The summed E-state index contributed by atoms with van der Waals surface area (Å²) in [6.07, 6.45) is 3.39. The van der Waals surface area contributed by atoms with Gasteiger partial charge < -0.3 is 9.47 Å². The van der Waals surface area contributed by atoms with Crippen molar-refractivity contribution in [2.75, 3.05) is 0 Å². The van der Waals surface area contributed by atoms with Gasteiger partial charge in [-0.15, -0.1) is 0 Å². The average Bonchev–Trinajstić information content (AvgIpc) is 2.87. The maximum Gasteiger partial charge on any atom is 0.185 e. The minimum atomic E-state index is -0.0360. The summed E-state index contributed by atoms with van der Waals surface area (Å²) in [6, 6.07) is 33.3. The maximum absolute atomic E-state index is 12.5. The molecule has 0 N–H and O–H groups in total. The summed E-state index contributed by atoms with van der Waals surface area (Å²) >= 11 is 0. The quantitative estimate of drug-likeness (QED) is 0.209. The van der Waals surface area contributed by atoms with E-state index in [-0.39, 0.29) is 5.78 Å². The van der Waals surface area contributed by atoms with Crippen LogP contribution in [0.1, 0.15) is 32.6 Å². The summed E-state index contributed by atoms with van der Waals surface area (Å²) < 4.78 is 12.2. The third kappa shape index (κ3) is 6.44. The summed E-state index contributed by atoms with van der Waals surface area (Å²) in [5.41, 5.74) is 4.81. The number of carbonyl (C=O) groups excluding carboxylic acids is 1. The van der Waals surface area contributed by atoms with Crippen LogP contribution >= 0.6 is 0 Å². The molecule has 0 saturated heterocycles. The van der Waals surface area contributed by atoms with Gasteiger partial charge in [-0.05, 0) is 41.8 Å². The Morgan fingerprint density at radius 3 is 1.88 bits per heavy atom. The molecule has 0 aromatic heterocycles. The molecule has 0 amide bonds. The third-order valence-electron chi connectivity index (χ3n) is 5.21. The standard InChI is InChI=1S/C30H26O3/c1-23-12-16-27(17-13-23)28(31)18-14-24-15-19-29(32-21-25-8-4-2-5-9-25)30(20-24)33-22-26-10-6-3-7-11-26/h2-20H,21-22H2,1H3. The van der Waals surface area contributed by atoms with E-state index in [2.05, 4.69) is 0 Å². The summed E-state index contributed by atoms with van der Waals surface area (Å²) in [7, 11) is 0. The molecule has 0 fully saturated rings. The Morgan fingerprint density at radius 2 is 1.27 bits per heavy atom. The van der Waals surface area contributed by atoms with Gasteiger partial charge in [-0.3, -0.25) is 4.79 Å². The lowest BCUT2D eigenvalue weighted by molar-refractivity contribution is 0.104. The molecule has 0 bridgehead atoms. The van der Waals surface area contributed by atoms with Gasteiger partial charge in [0.05, 0.1) is 0 Å². The van der Waals surface area contributed by atoms with E-state index in [1.807, 2.05) is 110 Å². The van der Waals surface area contributed by atoms with E-state index < -0.39 is 0 Å². The summed E-state index contributed by atoms with van der Waals surface area (Å²) in [4.78, 5) is 12.5. The number of ether oxygens (including phenoxy) is 2. The number of carbonyl (C=O) groups is 1. The number of aryl methyl sites for hydroxylation is 1. The van der Waals surface area contributed by atoms with Gasteiger partial charge in [0, 0.05) is 5.56 Å². The van der Waals surface area contributed by atoms with Crippen LogP contribution in [-0.4, -0.2) is 5.78 Å². The fraction of sp³-hybridized carbons (Fsp3) is 0.100. The first-order valence-corrected chi connectivity index (χ1v) is 10.9. The Hall–Kier alpha value is -4.11. The van der Waals surface area contributed by atoms with E-state index in [0.29, 0.717) is 30.3 Å². The first kappa shape index (κ1) is 22.1. The summed E-state index contributed by atoms with van der Waals surface area (Å²) in [5.74, 6) is 1.27. The molecule has 0 aliphatic heterocycles. The van der Waals surface area contributed by atoms with Crippen LogP contribution in [0, 0.1) is 6.92 Å². The van der Waals surface area contributed by atoms with Gasteiger partial charge in [0.15, 0.2) is 17.3 Å². The van der Waals surface area contributed by atoms with Crippen molar-refractivity contribution in [2.45, 2.75) is 20.1 Å². The lowest BCUT2D eigenvalue weighted by atomic mass is 10.1. The molecule has 0 aliphatic carbocycles. The molecule has 3 nitrogen and oxygen atoms in total. The van der Waals surface area contributed by atoms with Gasteiger partial charge in [0.2, 0.25) is 0 Å². The van der Waals surface area contributed by atoms with Crippen LogP contribution in [0.3, 0.4) is 0 Å². The topological polar surface area (TPSA) is 35.5 Å².